The predicted molar refractivity (Wildman–Crippen MR) is 73.2 cm³/mol. The van der Waals surface area contributed by atoms with Crippen molar-refractivity contribution in [2.45, 2.75) is 58.0 Å². The lowest BCUT2D eigenvalue weighted by Crippen LogP contribution is -2.52. The van der Waals surface area contributed by atoms with Gasteiger partial charge in [-0.05, 0) is 46.5 Å². The number of carbonyl (C=O) groups is 1. The molecule has 0 aromatic carbocycles. The maximum absolute atomic E-state index is 12.1. The van der Waals surface area contributed by atoms with Crippen LogP contribution in [0.25, 0.3) is 0 Å². The van der Waals surface area contributed by atoms with E-state index in [1.165, 1.54) is 0 Å². The molecule has 1 amide bonds. The van der Waals surface area contributed by atoms with E-state index in [0.717, 1.165) is 38.8 Å². The third kappa shape index (κ3) is 2.86. The van der Waals surface area contributed by atoms with E-state index in [-0.39, 0.29) is 16.9 Å². The molecule has 0 aromatic heterocycles. The summed E-state index contributed by atoms with van der Waals surface area (Å²) in [5.74, 6) is 0.194. The average Bonchev–Trinajstić information content (AvgIpc) is 3.09. The van der Waals surface area contributed by atoms with Gasteiger partial charge in [-0.2, -0.15) is 0 Å². The van der Waals surface area contributed by atoms with Gasteiger partial charge in [-0.1, -0.05) is 0 Å². The summed E-state index contributed by atoms with van der Waals surface area (Å²) in [5, 5.41) is 3.20. The molecule has 0 radical (unpaired) electrons. The quantitative estimate of drug-likeness (QED) is 0.792. The van der Waals surface area contributed by atoms with Crippen LogP contribution in [0.1, 0.15) is 46.5 Å². The average molecular weight is 253 g/mol. The highest BCUT2D eigenvalue weighted by Gasteiger charge is 2.49. The topological polar surface area (TPSA) is 58.4 Å². The molecule has 18 heavy (non-hydrogen) atoms. The molecule has 2 aliphatic rings. The van der Waals surface area contributed by atoms with Crippen molar-refractivity contribution in [3.05, 3.63) is 0 Å². The lowest BCUT2D eigenvalue weighted by Gasteiger charge is -2.41. The zero-order valence-corrected chi connectivity index (χ0v) is 12.0. The van der Waals surface area contributed by atoms with Gasteiger partial charge in [-0.3, -0.25) is 9.69 Å². The van der Waals surface area contributed by atoms with Crippen LogP contribution in [-0.4, -0.2) is 42.0 Å². The molecule has 3 N–H and O–H groups in total. The fraction of sp³-hybridized carbons (Fsp3) is 0.929. The molecule has 4 nitrogen and oxygen atoms in total. The van der Waals surface area contributed by atoms with E-state index >= 15 is 0 Å². The highest BCUT2D eigenvalue weighted by molar-refractivity contribution is 5.85. The van der Waals surface area contributed by atoms with Crippen molar-refractivity contribution >= 4 is 5.91 Å². The van der Waals surface area contributed by atoms with Crippen LogP contribution < -0.4 is 11.1 Å². The van der Waals surface area contributed by atoms with Gasteiger partial charge in [-0.25, -0.2) is 0 Å². The van der Waals surface area contributed by atoms with Gasteiger partial charge in [0.1, 0.15) is 0 Å². The number of rotatable bonds is 3. The highest BCUT2D eigenvalue weighted by Crippen LogP contribution is 2.44. The van der Waals surface area contributed by atoms with E-state index in [1.807, 2.05) is 0 Å². The van der Waals surface area contributed by atoms with Crippen LogP contribution in [0.4, 0.5) is 0 Å². The van der Waals surface area contributed by atoms with E-state index in [2.05, 4.69) is 31.0 Å². The maximum atomic E-state index is 12.1. The predicted octanol–water partition coefficient (Wildman–Crippen LogP) is 1.10. The van der Waals surface area contributed by atoms with E-state index in [9.17, 15) is 4.79 Å². The summed E-state index contributed by atoms with van der Waals surface area (Å²) in [5.41, 5.74) is 5.72. The highest BCUT2D eigenvalue weighted by atomic mass is 16.2. The number of nitrogens with two attached hydrogens (primary N) is 1. The zero-order valence-electron chi connectivity index (χ0n) is 12.0. The number of hydrogen-bond donors (Lipinski definition) is 2. The molecule has 0 spiro atoms. The molecule has 2 rings (SSSR count). The first kappa shape index (κ1) is 13.8. The van der Waals surface area contributed by atoms with E-state index in [0.29, 0.717) is 12.6 Å². The Morgan fingerprint density at radius 2 is 1.89 bits per heavy atom. The van der Waals surface area contributed by atoms with Crippen LogP contribution in [0.3, 0.4) is 0 Å². The first-order valence-electron chi connectivity index (χ1n) is 7.13. The number of nitrogens with zero attached hydrogens (tertiary/aromatic N) is 1. The van der Waals surface area contributed by atoms with Crippen LogP contribution in [0.15, 0.2) is 0 Å². The van der Waals surface area contributed by atoms with Gasteiger partial charge in [0.25, 0.3) is 0 Å². The second kappa shape index (κ2) is 4.82. The minimum absolute atomic E-state index is 0.194. The van der Waals surface area contributed by atoms with Crippen LogP contribution in [0.5, 0.6) is 0 Å². The summed E-state index contributed by atoms with van der Waals surface area (Å²) in [4.78, 5) is 14.6. The smallest absolute Gasteiger partial charge is 0.227 e. The van der Waals surface area contributed by atoms with Gasteiger partial charge in [0.2, 0.25) is 5.91 Å². The van der Waals surface area contributed by atoms with Gasteiger partial charge >= 0.3 is 0 Å². The zero-order chi connectivity index (χ0) is 13.4. The molecule has 1 aliphatic heterocycles. The molecule has 0 aromatic rings. The molecule has 104 valence electrons. The van der Waals surface area contributed by atoms with Crippen molar-refractivity contribution in [2.24, 2.45) is 11.1 Å². The van der Waals surface area contributed by atoms with Gasteiger partial charge < -0.3 is 11.1 Å². The molecule has 0 unspecified atom stereocenters. The fourth-order valence-electron chi connectivity index (χ4n) is 2.71. The normalized spacial score (nSPS) is 24.9. The molecule has 1 saturated carbocycles. The van der Waals surface area contributed by atoms with Crippen LogP contribution >= 0.6 is 0 Å². The second-order valence-corrected chi connectivity index (χ2v) is 6.89. The summed E-state index contributed by atoms with van der Waals surface area (Å²) in [7, 11) is 0. The summed E-state index contributed by atoms with van der Waals surface area (Å²) in [6, 6.07) is 0.347. The monoisotopic (exact) mass is 253 g/mol. The van der Waals surface area contributed by atoms with Crippen LogP contribution in [-0.2, 0) is 4.79 Å². The van der Waals surface area contributed by atoms with Gasteiger partial charge in [0, 0.05) is 31.2 Å². The van der Waals surface area contributed by atoms with Crippen molar-refractivity contribution < 1.29 is 4.79 Å². The van der Waals surface area contributed by atoms with Gasteiger partial charge in [0.05, 0.1) is 5.41 Å². The molecule has 1 aliphatic carbocycles. The minimum atomic E-state index is -0.207. The van der Waals surface area contributed by atoms with Crippen molar-refractivity contribution in [1.82, 2.24) is 10.2 Å². The number of amides is 1. The molecule has 4 heteroatoms. The standard InChI is InChI=1S/C14H27N3O/c1-13(2,3)17-8-4-11(5-9-17)16-12(18)14(10-15)6-7-14/h11H,4-10,15H2,1-3H3,(H,16,18). The Labute approximate surface area is 110 Å². The van der Waals surface area contributed by atoms with Gasteiger partial charge in [0.15, 0.2) is 0 Å². The Bertz CT molecular complexity index is 309. The van der Waals surface area contributed by atoms with Crippen molar-refractivity contribution in [1.29, 1.82) is 0 Å². The fourth-order valence-corrected chi connectivity index (χ4v) is 2.71. The maximum Gasteiger partial charge on any atom is 0.227 e. The Morgan fingerprint density at radius 3 is 2.28 bits per heavy atom. The Kier molecular flexibility index (Phi) is 3.70. The summed E-state index contributed by atoms with van der Waals surface area (Å²) in [6.07, 6.45) is 4.06. The Morgan fingerprint density at radius 1 is 1.33 bits per heavy atom. The summed E-state index contributed by atoms with van der Waals surface area (Å²) >= 11 is 0. The molecule has 0 atom stereocenters. The SMILES string of the molecule is CC(C)(C)N1CCC(NC(=O)C2(CN)CC2)CC1. The minimum Gasteiger partial charge on any atom is -0.353 e. The summed E-state index contributed by atoms with van der Waals surface area (Å²) < 4.78 is 0. The van der Waals surface area contributed by atoms with Gasteiger partial charge in [-0.15, -0.1) is 0 Å². The number of piperidine rings is 1. The first-order valence-corrected chi connectivity index (χ1v) is 7.13. The number of nitrogens with one attached hydrogen (secondary N) is 1. The molecule has 1 heterocycles. The van der Waals surface area contributed by atoms with Crippen LogP contribution in [0, 0.1) is 5.41 Å². The second-order valence-electron chi connectivity index (χ2n) is 6.89. The van der Waals surface area contributed by atoms with Crippen molar-refractivity contribution in [2.75, 3.05) is 19.6 Å². The lowest BCUT2D eigenvalue weighted by atomic mass is 9.97. The van der Waals surface area contributed by atoms with E-state index in [1.54, 1.807) is 0 Å². The van der Waals surface area contributed by atoms with Crippen molar-refractivity contribution in [3.63, 3.8) is 0 Å². The Hall–Kier alpha value is -0.610. The molecule has 2 fully saturated rings. The lowest BCUT2D eigenvalue weighted by molar-refractivity contribution is -0.127. The molecule has 1 saturated heterocycles. The third-order valence-electron chi connectivity index (χ3n) is 4.50. The largest absolute Gasteiger partial charge is 0.353 e. The van der Waals surface area contributed by atoms with E-state index in [4.69, 9.17) is 5.73 Å². The first-order chi connectivity index (χ1) is 8.37. The molecule has 0 bridgehead atoms. The number of likely N-dealkylation sites (tertiary alicyclic amines) is 1. The number of carbonyl (C=O) groups excluding carboxylic acids is 1. The summed E-state index contributed by atoms with van der Waals surface area (Å²) in [6.45, 7) is 9.40. The number of hydrogen-bond acceptors (Lipinski definition) is 3. The third-order valence-corrected chi connectivity index (χ3v) is 4.50. The molecular weight excluding hydrogens is 226 g/mol. The van der Waals surface area contributed by atoms with E-state index < -0.39 is 0 Å². The van der Waals surface area contributed by atoms with Crippen molar-refractivity contribution in [3.8, 4) is 0 Å². The van der Waals surface area contributed by atoms with Crippen LogP contribution in [0.2, 0.25) is 0 Å². The molecular formula is C14H27N3O. The Balaban J connectivity index is 1.79.